The van der Waals surface area contributed by atoms with E-state index in [2.05, 4.69) is 38.5 Å². The second-order valence-electron chi connectivity index (χ2n) is 7.11. The lowest BCUT2D eigenvalue weighted by Crippen LogP contribution is -2.26. The van der Waals surface area contributed by atoms with E-state index in [1.54, 1.807) is 0 Å². The van der Waals surface area contributed by atoms with Gasteiger partial charge in [-0.05, 0) is 37.5 Å². The van der Waals surface area contributed by atoms with Gasteiger partial charge in [-0.25, -0.2) is 0 Å². The molecule has 26 heavy (non-hydrogen) atoms. The Morgan fingerprint density at radius 2 is 2.04 bits per heavy atom. The van der Waals surface area contributed by atoms with Crippen molar-refractivity contribution in [2.75, 3.05) is 11.4 Å². The van der Waals surface area contributed by atoms with Gasteiger partial charge in [0.2, 0.25) is 0 Å². The van der Waals surface area contributed by atoms with Crippen LogP contribution in [-0.2, 0) is 13.1 Å². The van der Waals surface area contributed by atoms with Crippen LogP contribution in [0.1, 0.15) is 35.4 Å². The Bertz CT molecular complexity index is 970. The molecule has 1 aromatic carbocycles. The van der Waals surface area contributed by atoms with Gasteiger partial charge in [-0.15, -0.1) is 0 Å². The minimum absolute atomic E-state index is 0.0472. The third-order valence-corrected chi connectivity index (χ3v) is 5.13. The molecule has 0 saturated heterocycles. The van der Waals surface area contributed by atoms with Crippen LogP contribution in [0.3, 0.4) is 0 Å². The molecule has 1 aliphatic carbocycles. The number of hydrogen-bond donors (Lipinski definition) is 1. The van der Waals surface area contributed by atoms with Crippen molar-refractivity contribution in [1.82, 2.24) is 20.1 Å². The van der Waals surface area contributed by atoms with Crippen molar-refractivity contribution in [1.29, 1.82) is 0 Å². The average Bonchev–Trinajstić information content (AvgIpc) is 3.43. The fraction of sp³-hybridized carbons (Fsp3) is 0.350. The Kier molecular flexibility index (Phi) is 3.62. The Morgan fingerprint density at radius 1 is 1.15 bits per heavy atom. The number of carbonyl (C=O) groups excluding carboxylic acids is 1. The summed E-state index contributed by atoms with van der Waals surface area (Å²) in [5.41, 5.74) is 3.82. The number of benzene rings is 1. The lowest BCUT2D eigenvalue weighted by atomic mass is 10.1. The van der Waals surface area contributed by atoms with Gasteiger partial charge in [0.05, 0.1) is 17.8 Å². The lowest BCUT2D eigenvalue weighted by molar-refractivity contribution is 0.0945. The first-order valence-corrected chi connectivity index (χ1v) is 9.24. The number of nitrogens with zero attached hydrogens (tertiary/aromatic N) is 4. The highest BCUT2D eigenvalue weighted by atomic mass is 16.2. The number of anilines is 1. The summed E-state index contributed by atoms with van der Waals surface area (Å²) in [5, 5.41) is 8.73. The molecule has 3 aromatic rings. The molecule has 5 rings (SSSR count). The molecule has 2 aromatic heterocycles. The summed E-state index contributed by atoms with van der Waals surface area (Å²) in [7, 11) is 0. The summed E-state index contributed by atoms with van der Waals surface area (Å²) >= 11 is 0. The van der Waals surface area contributed by atoms with E-state index in [9.17, 15) is 4.79 Å². The minimum atomic E-state index is -0.0472. The van der Waals surface area contributed by atoms with Gasteiger partial charge in [0.1, 0.15) is 0 Å². The summed E-state index contributed by atoms with van der Waals surface area (Å²) < 4.78 is 1.99. The molecule has 1 aliphatic heterocycles. The highest BCUT2D eigenvalue weighted by Crippen LogP contribution is 2.28. The standard InChI is InChI=1S/C20H21N5O/c26-20(22-14-6-7-14)18-12-15-13-24(10-3-11-25(15)23-18)19-8-9-21-17-5-2-1-4-16(17)19/h1-2,4-5,8-9,12,14H,3,6-7,10-11,13H2,(H,22,26). The van der Waals surface area contributed by atoms with E-state index < -0.39 is 0 Å². The summed E-state index contributed by atoms with van der Waals surface area (Å²) in [4.78, 5) is 19.2. The van der Waals surface area contributed by atoms with E-state index in [0.717, 1.165) is 55.5 Å². The zero-order chi connectivity index (χ0) is 17.5. The second-order valence-corrected chi connectivity index (χ2v) is 7.11. The van der Waals surface area contributed by atoms with E-state index in [4.69, 9.17) is 0 Å². The number of hydrogen-bond acceptors (Lipinski definition) is 4. The van der Waals surface area contributed by atoms with Crippen LogP contribution in [0.15, 0.2) is 42.6 Å². The van der Waals surface area contributed by atoms with Crippen molar-refractivity contribution in [3.8, 4) is 0 Å². The van der Waals surface area contributed by atoms with Gasteiger partial charge in [0, 0.05) is 36.4 Å². The quantitative estimate of drug-likeness (QED) is 0.791. The Hall–Kier alpha value is -2.89. The first kappa shape index (κ1) is 15.4. The number of carbonyl (C=O) groups is 1. The minimum Gasteiger partial charge on any atom is -0.365 e. The maximum atomic E-state index is 12.3. The SMILES string of the molecule is O=C(NC1CC1)c1cc2n(n1)CCCN(c1ccnc3ccccc13)C2. The van der Waals surface area contributed by atoms with Gasteiger partial charge in [-0.2, -0.15) is 5.10 Å². The lowest BCUT2D eigenvalue weighted by Gasteiger charge is -2.23. The molecule has 6 nitrogen and oxygen atoms in total. The molecule has 0 bridgehead atoms. The topological polar surface area (TPSA) is 63.1 Å². The number of rotatable bonds is 3. The number of para-hydroxylation sites is 1. The van der Waals surface area contributed by atoms with Crippen molar-refractivity contribution >= 4 is 22.5 Å². The number of pyridine rings is 1. The molecule has 132 valence electrons. The Labute approximate surface area is 151 Å². The molecule has 0 atom stereocenters. The van der Waals surface area contributed by atoms with Gasteiger partial charge in [-0.3, -0.25) is 14.5 Å². The van der Waals surface area contributed by atoms with Gasteiger partial charge >= 0.3 is 0 Å². The molecule has 0 unspecified atom stereocenters. The van der Waals surface area contributed by atoms with Crippen LogP contribution >= 0.6 is 0 Å². The first-order chi connectivity index (χ1) is 12.8. The molecule has 2 aliphatic rings. The highest BCUT2D eigenvalue weighted by molar-refractivity contribution is 5.93. The number of aromatic nitrogens is 3. The number of aryl methyl sites for hydroxylation is 1. The third kappa shape index (κ3) is 2.81. The number of nitrogens with one attached hydrogen (secondary N) is 1. The van der Waals surface area contributed by atoms with Crippen molar-refractivity contribution in [3.05, 3.63) is 54.0 Å². The summed E-state index contributed by atoms with van der Waals surface area (Å²) in [6, 6.07) is 12.6. The number of amides is 1. The van der Waals surface area contributed by atoms with E-state index in [1.807, 2.05) is 29.1 Å². The summed E-state index contributed by atoms with van der Waals surface area (Å²) in [6.45, 7) is 2.55. The molecule has 1 amide bonds. The van der Waals surface area contributed by atoms with E-state index >= 15 is 0 Å². The maximum Gasteiger partial charge on any atom is 0.272 e. The van der Waals surface area contributed by atoms with Crippen molar-refractivity contribution < 1.29 is 4.79 Å². The molecule has 1 fully saturated rings. The largest absolute Gasteiger partial charge is 0.365 e. The first-order valence-electron chi connectivity index (χ1n) is 9.24. The van der Waals surface area contributed by atoms with Crippen LogP contribution in [0.4, 0.5) is 5.69 Å². The second kappa shape index (κ2) is 6.12. The van der Waals surface area contributed by atoms with Gasteiger partial charge < -0.3 is 10.2 Å². The zero-order valence-electron chi connectivity index (χ0n) is 14.6. The van der Waals surface area contributed by atoms with Crippen LogP contribution in [0.5, 0.6) is 0 Å². The smallest absolute Gasteiger partial charge is 0.272 e. The van der Waals surface area contributed by atoms with Crippen molar-refractivity contribution in [2.45, 2.75) is 38.4 Å². The van der Waals surface area contributed by atoms with Crippen molar-refractivity contribution in [2.24, 2.45) is 0 Å². The number of fused-ring (bicyclic) bond motifs is 2. The average molecular weight is 347 g/mol. The van der Waals surface area contributed by atoms with Gasteiger partial charge in [-0.1, -0.05) is 18.2 Å². The maximum absolute atomic E-state index is 12.3. The van der Waals surface area contributed by atoms with Crippen LogP contribution < -0.4 is 10.2 Å². The summed E-state index contributed by atoms with van der Waals surface area (Å²) in [6.07, 6.45) is 5.04. The van der Waals surface area contributed by atoms with Gasteiger partial charge in [0.25, 0.3) is 5.91 Å². The molecular weight excluding hydrogens is 326 g/mol. The molecule has 1 N–H and O–H groups in total. The summed E-state index contributed by atoms with van der Waals surface area (Å²) in [5.74, 6) is -0.0472. The molecule has 3 heterocycles. The van der Waals surface area contributed by atoms with Crippen LogP contribution in [0, 0.1) is 0 Å². The molecule has 0 spiro atoms. The predicted octanol–water partition coefficient (Wildman–Crippen LogP) is 2.73. The molecule has 0 radical (unpaired) electrons. The fourth-order valence-corrected chi connectivity index (χ4v) is 3.62. The van der Waals surface area contributed by atoms with Crippen LogP contribution in [0.2, 0.25) is 0 Å². The monoisotopic (exact) mass is 347 g/mol. The van der Waals surface area contributed by atoms with Crippen LogP contribution in [-0.4, -0.2) is 33.3 Å². The predicted molar refractivity (Wildman–Crippen MR) is 100 cm³/mol. The molecular formula is C20H21N5O. The zero-order valence-corrected chi connectivity index (χ0v) is 14.6. The van der Waals surface area contributed by atoms with Gasteiger partial charge in [0.15, 0.2) is 5.69 Å². The fourth-order valence-electron chi connectivity index (χ4n) is 3.62. The molecule has 6 heteroatoms. The molecule has 1 saturated carbocycles. The Balaban J connectivity index is 1.46. The normalized spacial score (nSPS) is 17.0. The third-order valence-electron chi connectivity index (χ3n) is 5.13. The Morgan fingerprint density at radius 3 is 2.92 bits per heavy atom. The van der Waals surface area contributed by atoms with Crippen molar-refractivity contribution in [3.63, 3.8) is 0 Å². The van der Waals surface area contributed by atoms with E-state index in [1.165, 1.54) is 5.69 Å². The van der Waals surface area contributed by atoms with Crippen LogP contribution in [0.25, 0.3) is 10.9 Å². The highest BCUT2D eigenvalue weighted by Gasteiger charge is 2.26. The van der Waals surface area contributed by atoms with E-state index in [-0.39, 0.29) is 5.91 Å². The van der Waals surface area contributed by atoms with E-state index in [0.29, 0.717) is 11.7 Å².